The zero-order valence-electron chi connectivity index (χ0n) is 10.2. The second kappa shape index (κ2) is 4.87. The van der Waals surface area contributed by atoms with Crippen LogP contribution in [0, 0.1) is 0 Å². The summed E-state index contributed by atoms with van der Waals surface area (Å²) in [5.74, 6) is 1.69. The minimum absolute atomic E-state index is 0.648. The zero-order chi connectivity index (χ0) is 12.7. The second-order valence-corrected chi connectivity index (χ2v) is 5.99. The molecule has 0 radical (unpaired) electrons. The highest BCUT2D eigenvalue weighted by Crippen LogP contribution is 2.49. The van der Waals surface area contributed by atoms with E-state index in [4.69, 9.17) is 16.0 Å². The van der Waals surface area contributed by atoms with Gasteiger partial charge in [0, 0.05) is 15.4 Å². The van der Waals surface area contributed by atoms with Crippen LogP contribution in [-0.2, 0) is 6.54 Å². The van der Waals surface area contributed by atoms with Crippen molar-refractivity contribution < 1.29 is 4.42 Å². The Labute approximate surface area is 120 Å². The third-order valence-corrected chi connectivity index (χ3v) is 4.33. The smallest absolute Gasteiger partial charge is 0.154 e. The van der Waals surface area contributed by atoms with E-state index in [0.29, 0.717) is 10.9 Å². The largest absolute Gasteiger partial charge is 0.458 e. The van der Waals surface area contributed by atoms with Crippen molar-refractivity contribution in [3.63, 3.8) is 0 Å². The van der Waals surface area contributed by atoms with E-state index in [2.05, 4.69) is 28.2 Å². The van der Waals surface area contributed by atoms with E-state index in [1.54, 1.807) is 0 Å². The van der Waals surface area contributed by atoms with E-state index < -0.39 is 0 Å². The molecule has 4 heteroatoms. The van der Waals surface area contributed by atoms with E-state index in [1.165, 1.54) is 18.4 Å². The van der Waals surface area contributed by atoms with Crippen molar-refractivity contribution in [1.29, 1.82) is 0 Å². The summed E-state index contributed by atoms with van der Waals surface area (Å²) < 4.78 is 7.07. The molecular weight excluding hydrogens is 314 g/mol. The van der Waals surface area contributed by atoms with E-state index in [-0.39, 0.29) is 0 Å². The first-order valence-electron chi connectivity index (χ1n) is 6.32. The van der Waals surface area contributed by atoms with Gasteiger partial charge in [-0.15, -0.1) is 0 Å². The summed E-state index contributed by atoms with van der Waals surface area (Å²) in [6.07, 6.45) is 2.51. The molecule has 1 saturated carbocycles. The molecule has 0 unspecified atom stereocenters. The van der Waals surface area contributed by atoms with Crippen molar-refractivity contribution in [3.8, 4) is 0 Å². The zero-order valence-corrected chi connectivity index (χ0v) is 12.6. The minimum Gasteiger partial charge on any atom is -0.458 e. The fourth-order valence-electron chi connectivity index (χ4n) is 2.38. The van der Waals surface area contributed by atoms with E-state index >= 15 is 0 Å². The van der Waals surface area contributed by atoms with Crippen LogP contribution in [0.1, 0.15) is 37.0 Å². The number of hydrogen-bond acceptors (Lipinski definition) is 2. The molecule has 0 bridgehead atoms. The normalized spacial score (nSPS) is 15.5. The average Bonchev–Trinajstić information content (AvgIpc) is 3.12. The highest BCUT2D eigenvalue weighted by atomic mass is 79.9. The number of benzene rings is 1. The van der Waals surface area contributed by atoms with Crippen LogP contribution in [-0.4, -0.2) is 6.54 Å². The third-order valence-electron chi connectivity index (χ3n) is 3.37. The molecule has 0 amide bonds. The standard InChI is InChI=1S/C14H15BrClNO/c1-2-17-7-11-12(8-3-4-8)13-9(15)5-6-10(16)14(13)18-11/h5-6,8,17H,2-4,7H2,1H3. The Balaban J connectivity index is 2.19. The Morgan fingerprint density at radius 2 is 2.22 bits per heavy atom. The van der Waals surface area contributed by atoms with Gasteiger partial charge in [-0.2, -0.15) is 0 Å². The fraction of sp³-hybridized carbons (Fsp3) is 0.429. The first kappa shape index (κ1) is 12.5. The van der Waals surface area contributed by atoms with Crippen LogP contribution in [0.15, 0.2) is 21.0 Å². The van der Waals surface area contributed by atoms with Gasteiger partial charge in [-0.25, -0.2) is 0 Å². The summed E-state index contributed by atoms with van der Waals surface area (Å²) in [6, 6.07) is 3.88. The summed E-state index contributed by atoms with van der Waals surface area (Å²) in [6.45, 7) is 3.82. The summed E-state index contributed by atoms with van der Waals surface area (Å²) in [7, 11) is 0. The van der Waals surface area contributed by atoms with Gasteiger partial charge in [0.05, 0.1) is 11.6 Å². The number of halogens is 2. The van der Waals surface area contributed by atoms with Crippen molar-refractivity contribution in [3.05, 3.63) is 33.0 Å². The predicted octanol–water partition coefficient (Wildman–Crippen LogP) is 4.84. The van der Waals surface area contributed by atoms with Gasteiger partial charge in [-0.3, -0.25) is 0 Å². The van der Waals surface area contributed by atoms with E-state index in [1.807, 2.05) is 12.1 Å². The van der Waals surface area contributed by atoms with Gasteiger partial charge in [-0.05, 0) is 37.4 Å². The summed E-state index contributed by atoms with van der Waals surface area (Å²) in [4.78, 5) is 0. The van der Waals surface area contributed by atoms with Crippen LogP contribution in [0.5, 0.6) is 0 Å². The average molecular weight is 329 g/mol. The highest BCUT2D eigenvalue weighted by Gasteiger charge is 2.32. The van der Waals surface area contributed by atoms with Crippen molar-refractivity contribution in [2.24, 2.45) is 0 Å². The van der Waals surface area contributed by atoms with Gasteiger partial charge in [-0.1, -0.05) is 34.5 Å². The number of fused-ring (bicyclic) bond motifs is 1. The Kier molecular flexibility index (Phi) is 3.39. The first-order chi connectivity index (χ1) is 8.72. The van der Waals surface area contributed by atoms with Crippen molar-refractivity contribution >= 4 is 38.5 Å². The van der Waals surface area contributed by atoms with Gasteiger partial charge in [0.2, 0.25) is 0 Å². The Morgan fingerprint density at radius 3 is 2.89 bits per heavy atom. The number of furan rings is 1. The number of nitrogens with one attached hydrogen (secondary N) is 1. The van der Waals surface area contributed by atoms with Crippen LogP contribution in [0.4, 0.5) is 0 Å². The molecule has 0 saturated heterocycles. The summed E-state index contributed by atoms with van der Waals surface area (Å²) >= 11 is 9.86. The predicted molar refractivity (Wildman–Crippen MR) is 78.3 cm³/mol. The summed E-state index contributed by atoms with van der Waals surface area (Å²) in [5.41, 5.74) is 2.17. The number of rotatable bonds is 4. The molecule has 1 fully saturated rings. The Hall–Kier alpha value is -0.510. The molecule has 3 rings (SSSR count). The highest BCUT2D eigenvalue weighted by molar-refractivity contribution is 9.10. The molecule has 1 heterocycles. The van der Waals surface area contributed by atoms with Gasteiger partial charge in [0.15, 0.2) is 5.58 Å². The lowest BCUT2D eigenvalue weighted by molar-refractivity contribution is 0.514. The van der Waals surface area contributed by atoms with Crippen molar-refractivity contribution in [2.75, 3.05) is 6.54 Å². The summed E-state index contributed by atoms with van der Waals surface area (Å²) in [5, 5.41) is 5.19. The fourth-order valence-corrected chi connectivity index (χ4v) is 3.10. The molecule has 1 aliphatic rings. The van der Waals surface area contributed by atoms with E-state index in [0.717, 1.165) is 34.3 Å². The molecule has 96 valence electrons. The molecule has 1 aliphatic carbocycles. The lowest BCUT2D eigenvalue weighted by atomic mass is 10.1. The lowest BCUT2D eigenvalue weighted by Crippen LogP contribution is -2.12. The molecule has 1 aromatic heterocycles. The van der Waals surface area contributed by atoms with Crippen molar-refractivity contribution in [2.45, 2.75) is 32.2 Å². The van der Waals surface area contributed by atoms with Crippen LogP contribution in [0.2, 0.25) is 5.02 Å². The van der Waals surface area contributed by atoms with Gasteiger partial charge in [0.25, 0.3) is 0 Å². The molecule has 18 heavy (non-hydrogen) atoms. The monoisotopic (exact) mass is 327 g/mol. The van der Waals surface area contributed by atoms with Gasteiger partial charge in [0.1, 0.15) is 5.76 Å². The maximum Gasteiger partial charge on any atom is 0.154 e. The number of hydrogen-bond donors (Lipinski definition) is 1. The van der Waals surface area contributed by atoms with Crippen LogP contribution < -0.4 is 5.32 Å². The molecule has 0 spiro atoms. The van der Waals surface area contributed by atoms with Crippen LogP contribution in [0.25, 0.3) is 11.0 Å². The van der Waals surface area contributed by atoms with Gasteiger partial charge >= 0.3 is 0 Å². The molecule has 2 nitrogen and oxygen atoms in total. The maximum absolute atomic E-state index is 6.24. The first-order valence-corrected chi connectivity index (χ1v) is 7.49. The molecular formula is C14H15BrClNO. The lowest BCUT2D eigenvalue weighted by Gasteiger charge is -2.02. The molecule has 2 aromatic rings. The molecule has 1 N–H and O–H groups in total. The second-order valence-electron chi connectivity index (χ2n) is 4.73. The van der Waals surface area contributed by atoms with Gasteiger partial charge < -0.3 is 9.73 Å². The quantitative estimate of drug-likeness (QED) is 0.869. The molecule has 1 aromatic carbocycles. The molecule has 0 atom stereocenters. The Morgan fingerprint density at radius 1 is 1.44 bits per heavy atom. The minimum atomic E-state index is 0.648. The van der Waals surface area contributed by atoms with E-state index in [9.17, 15) is 0 Å². The SMILES string of the molecule is CCNCc1oc2c(Cl)ccc(Br)c2c1C1CC1. The maximum atomic E-state index is 6.24. The Bertz CT molecular complexity index is 589. The van der Waals surface area contributed by atoms with Crippen LogP contribution >= 0.6 is 27.5 Å². The topological polar surface area (TPSA) is 25.2 Å². The molecule has 0 aliphatic heterocycles. The van der Waals surface area contributed by atoms with Crippen LogP contribution in [0.3, 0.4) is 0 Å². The van der Waals surface area contributed by atoms with Crippen molar-refractivity contribution in [1.82, 2.24) is 5.32 Å². The third kappa shape index (κ3) is 2.09.